The van der Waals surface area contributed by atoms with E-state index in [0.29, 0.717) is 10.9 Å². The average molecular weight is 388 g/mol. The Kier molecular flexibility index (Phi) is 5.32. The highest BCUT2D eigenvalue weighted by Crippen LogP contribution is 2.30. The molecule has 7 heteroatoms. The van der Waals surface area contributed by atoms with Gasteiger partial charge >= 0.3 is 0 Å². The van der Waals surface area contributed by atoms with E-state index in [1.807, 2.05) is 13.8 Å². The lowest BCUT2D eigenvalue weighted by Crippen LogP contribution is -2.34. The summed E-state index contributed by atoms with van der Waals surface area (Å²) >= 11 is 0. The molecule has 1 aromatic heterocycles. The minimum Gasteiger partial charge on any atom is -0.352 e. The van der Waals surface area contributed by atoms with Crippen LogP contribution in [0.3, 0.4) is 0 Å². The Hall–Kier alpha value is -2.67. The van der Waals surface area contributed by atoms with Gasteiger partial charge in [0, 0.05) is 23.1 Å². The molecule has 0 saturated carbocycles. The van der Waals surface area contributed by atoms with E-state index in [1.54, 1.807) is 28.8 Å². The van der Waals surface area contributed by atoms with Gasteiger partial charge in [0.2, 0.25) is 15.7 Å². The van der Waals surface area contributed by atoms with Gasteiger partial charge in [-0.05, 0) is 43.7 Å². The molecular formula is C20H21FN2O3S. The molecule has 1 atom stereocenters. The van der Waals surface area contributed by atoms with Crippen LogP contribution in [0.25, 0.3) is 10.9 Å². The molecule has 142 valence electrons. The number of benzene rings is 2. The van der Waals surface area contributed by atoms with Crippen molar-refractivity contribution in [2.45, 2.75) is 42.6 Å². The molecule has 3 aromatic rings. The van der Waals surface area contributed by atoms with Gasteiger partial charge in [-0.3, -0.25) is 4.79 Å². The Morgan fingerprint density at radius 1 is 1.15 bits per heavy atom. The second-order valence-corrected chi connectivity index (χ2v) is 8.39. The molecule has 0 spiro atoms. The average Bonchev–Trinajstić information content (AvgIpc) is 3.01. The molecule has 27 heavy (non-hydrogen) atoms. The Morgan fingerprint density at radius 3 is 2.48 bits per heavy atom. The zero-order valence-corrected chi connectivity index (χ0v) is 16.0. The minimum atomic E-state index is -3.84. The molecule has 3 rings (SSSR count). The summed E-state index contributed by atoms with van der Waals surface area (Å²) in [5.41, 5.74) is 0.650. The van der Waals surface area contributed by atoms with Crippen molar-refractivity contribution in [1.29, 1.82) is 0 Å². The van der Waals surface area contributed by atoms with Crippen LogP contribution < -0.4 is 5.32 Å². The fourth-order valence-electron chi connectivity index (χ4n) is 2.88. The van der Waals surface area contributed by atoms with E-state index in [1.165, 1.54) is 18.3 Å². The third-order valence-corrected chi connectivity index (χ3v) is 6.30. The van der Waals surface area contributed by atoms with Crippen molar-refractivity contribution in [2.75, 3.05) is 0 Å². The molecule has 0 aliphatic rings. The predicted molar refractivity (Wildman–Crippen MR) is 102 cm³/mol. The van der Waals surface area contributed by atoms with Gasteiger partial charge in [0.1, 0.15) is 12.4 Å². The van der Waals surface area contributed by atoms with Gasteiger partial charge in [0.05, 0.1) is 9.79 Å². The highest BCUT2D eigenvalue weighted by molar-refractivity contribution is 7.91. The largest absolute Gasteiger partial charge is 0.352 e. The van der Waals surface area contributed by atoms with Gasteiger partial charge < -0.3 is 9.88 Å². The van der Waals surface area contributed by atoms with Crippen molar-refractivity contribution in [1.82, 2.24) is 9.88 Å². The fourth-order valence-corrected chi connectivity index (χ4v) is 4.35. The van der Waals surface area contributed by atoms with E-state index >= 15 is 0 Å². The third kappa shape index (κ3) is 3.88. The fraction of sp³-hybridized carbons (Fsp3) is 0.250. The number of halogens is 1. The topological polar surface area (TPSA) is 68.2 Å². The lowest BCUT2D eigenvalue weighted by Gasteiger charge is -2.12. The first-order valence-corrected chi connectivity index (χ1v) is 10.2. The van der Waals surface area contributed by atoms with Gasteiger partial charge in [-0.25, -0.2) is 12.8 Å². The molecular weight excluding hydrogens is 367 g/mol. The Balaban J connectivity index is 2.04. The van der Waals surface area contributed by atoms with Crippen LogP contribution in [0.15, 0.2) is 64.5 Å². The highest BCUT2D eigenvalue weighted by atomic mass is 32.2. The van der Waals surface area contributed by atoms with Crippen molar-refractivity contribution < 1.29 is 17.6 Å². The molecule has 0 fully saturated rings. The number of carbonyl (C=O) groups excluding carboxylic acids is 1. The molecule has 1 amide bonds. The molecule has 1 N–H and O–H groups in total. The Morgan fingerprint density at radius 2 is 1.81 bits per heavy atom. The van der Waals surface area contributed by atoms with Crippen LogP contribution in [0, 0.1) is 5.82 Å². The second kappa shape index (κ2) is 7.52. The van der Waals surface area contributed by atoms with Crippen LogP contribution in [0.4, 0.5) is 4.39 Å². The van der Waals surface area contributed by atoms with Crippen LogP contribution in [-0.2, 0) is 21.2 Å². The number of carbonyl (C=O) groups is 1. The van der Waals surface area contributed by atoms with Crippen molar-refractivity contribution in [3.63, 3.8) is 0 Å². The number of amides is 1. The first-order chi connectivity index (χ1) is 12.8. The monoisotopic (exact) mass is 388 g/mol. The Labute approximate surface area is 157 Å². The Bertz CT molecular complexity index is 1070. The van der Waals surface area contributed by atoms with Crippen LogP contribution in [0.1, 0.15) is 20.3 Å². The zero-order valence-electron chi connectivity index (χ0n) is 15.1. The van der Waals surface area contributed by atoms with Crippen LogP contribution in [0.5, 0.6) is 0 Å². The highest BCUT2D eigenvalue weighted by Gasteiger charge is 2.24. The van der Waals surface area contributed by atoms with Gasteiger partial charge in [-0.2, -0.15) is 0 Å². The summed E-state index contributed by atoms with van der Waals surface area (Å²) < 4.78 is 40.9. The van der Waals surface area contributed by atoms with Crippen LogP contribution in [0.2, 0.25) is 0 Å². The number of hydrogen-bond acceptors (Lipinski definition) is 3. The molecule has 0 aliphatic heterocycles. The maximum absolute atomic E-state index is 13.2. The molecule has 0 saturated heterocycles. The van der Waals surface area contributed by atoms with Crippen molar-refractivity contribution >= 4 is 26.6 Å². The molecule has 0 bridgehead atoms. The summed E-state index contributed by atoms with van der Waals surface area (Å²) in [6, 6.07) is 11.8. The number of hydrogen-bond donors (Lipinski definition) is 1. The standard InChI is InChI=1S/C20H21FN2O3S/c1-3-14(2)22-20(24)13-23-12-19(17-6-4-5-7-18(17)23)27(25,26)16-10-8-15(21)9-11-16/h4-12,14H,3,13H2,1-2H3,(H,22,24). The van der Waals surface area contributed by atoms with E-state index in [-0.39, 0.29) is 28.3 Å². The number of fused-ring (bicyclic) bond motifs is 1. The summed E-state index contributed by atoms with van der Waals surface area (Å²) in [6.45, 7) is 3.91. The van der Waals surface area contributed by atoms with E-state index in [2.05, 4.69) is 5.32 Å². The van der Waals surface area contributed by atoms with Gasteiger partial charge in [-0.1, -0.05) is 25.1 Å². The maximum Gasteiger partial charge on any atom is 0.240 e. The molecule has 0 radical (unpaired) electrons. The van der Waals surface area contributed by atoms with Crippen molar-refractivity contribution in [3.05, 3.63) is 60.5 Å². The minimum absolute atomic E-state index is 0.0101. The van der Waals surface area contributed by atoms with E-state index in [0.717, 1.165) is 18.6 Å². The lowest BCUT2D eigenvalue weighted by molar-refractivity contribution is -0.122. The lowest BCUT2D eigenvalue weighted by atomic mass is 10.2. The normalized spacial score (nSPS) is 12.9. The molecule has 2 aromatic carbocycles. The van der Waals surface area contributed by atoms with E-state index in [9.17, 15) is 17.6 Å². The summed E-state index contributed by atoms with van der Waals surface area (Å²) in [7, 11) is -3.84. The number of aromatic nitrogens is 1. The summed E-state index contributed by atoms with van der Waals surface area (Å²) in [5, 5.41) is 3.40. The maximum atomic E-state index is 13.2. The molecule has 0 aliphatic carbocycles. The van der Waals surface area contributed by atoms with Crippen LogP contribution >= 0.6 is 0 Å². The molecule has 5 nitrogen and oxygen atoms in total. The molecule has 1 heterocycles. The van der Waals surface area contributed by atoms with Crippen LogP contribution in [-0.4, -0.2) is 24.9 Å². The number of rotatable bonds is 6. The summed E-state index contributed by atoms with van der Waals surface area (Å²) in [4.78, 5) is 12.4. The first kappa shape index (κ1) is 19.1. The predicted octanol–water partition coefficient (Wildman–Crippen LogP) is 3.53. The number of para-hydroxylation sites is 1. The number of nitrogens with one attached hydrogen (secondary N) is 1. The zero-order chi connectivity index (χ0) is 19.6. The SMILES string of the molecule is CCC(C)NC(=O)Cn1cc(S(=O)(=O)c2ccc(F)cc2)c2ccccc21. The summed E-state index contributed by atoms with van der Waals surface area (Å²) in [5.74, 6) is -0.686. The molecule has 1 unspecified atom stereocenters. The second-order valence-electron chi connectivity index (χ2n) is 6.47. The first-order valence-electron chi connectivity index (χ1n) is 8.71. The third-order valence-electron chi connectivity index (χ3n) is 4.50. The number of nitrogens with zero attached hydrogens (tertiary/aromatic N) is 1. The van der Waals surface area contributed by atoms with Gasteiger partial charge in [0.25, 0.3) is 0 Å². The van der Waals surface area contributed by atoms with Gasteiger partial charge in [-0.15, -0.1) is 0 Å². The number of sulfone groups is 1. The van der Waals surface area contributed by atoms with Crippen molar-refractivity contribution in [3.8, 4) is 0 Å². The smallest absolute Gasteiger partial charge is 0.240 e. The van der Waals surface area contributed by atoms with E-state index < -0.39 is 15.7 Å². The summed E-state index contributed by atoms with van der Waals surface area (Å²) in [6.07, 6.45) is 2.28. The van der Waals surface area contributed by atoms with Gasteiger partial charge in [0.15, 0.2) is 0 Å². The van der Waals surface area contributed by atoms with E-state index in [4.69, 9.17) is 0 Å². The van der Waals surface area contributed by atoms with Crippen molar-refractivity contribution in [2.24, 2.45) is 0 Å². The quantitative estimate of drug-likeness (QED) is 0.657.